The summed E-state index contributed by atoms with van der Waals surface area (Å²) in [5.74, 6) is -0.933. The van der Waals surface area contributed by atoms with E-state index in [0.717, 1.165) is 31.9 Å². The lowest BCUT2D eigenvalue weighted by Gasteiger charge is -2.07. The zero-order chi connectivity index (χ0) is 18.7. The van der Waals surface area contributed by atoms with Gasteiger partial charge in [-0.1, -0.05) is 12.5 Å². The molecule has 1 aliphatic rings. The van der Waals surface area contributed by atoms with Crippen molar-refractivity contribution in [2.45, 2.75) is 37.0 Å². The topological polar surface area (TPSA) is 92.3 Å². The minimum absolute atomic E-state index is 0.0541. The normalized spacial score (nSPS) is 14.2. The van der Waals surface area contributed by atoms with E-state index in [-0.39, 0.29) is 16.4 Å². The molecule has 1 aromatic heterocycles. The molecule has 1 heterocycles. The molecule has 0 spiro atoms. The van der Waals surface area contributed by atoms with Gasteiger partial charge in [-0.15, -0.1) is 11.3 Å². The lowest BCUT2D eigenvalue weighted by molar-refractivity contribution is 0.0848. The highest BCUT2D eigenvalue weighted by Gasteiger charge is 2.17. The Bertz CT molecular complexity index is 924. The summed E-state index contributed by atoms with van der Waals surface area (Å²) in [4.78, 5) is 26.4. The lowest BCUT2D eigenvalue weighted by Crippen LogP contribution is -2.41. The molecule has 2 N–H and O–H groups in total. The number of sulfone groups is 1. The Kier molecular flexibility index (Phi) is 5.43. The molecule has 0 radical (unpaired) electrons. The van der Waals surface area contributed by atoms with E-state index in [0.29, 0.717) is 4.88 Å². The molecule has 26 heavy (non-hydrogen) atoms. The molecule has 6 nitrogen and oxygen atoms in total. The summed E-state index contributed by atoms with van der Waals surface area (Å²) < 4.78 is 23.2. The molecule has 2 amide bonds. The highest BCUT2D eigenvalue weighted by Crippen LogP contribution is 2.28. The first-order chi connectivity index (χ1) is 12.3. The molecule has 0 saturated carbocycles. The minimum atomic E-state index is -3.40. The molecule has 0 fully saturated rings. The van der Waals surface area contributed by atoms with Gasteiger partial charge in [0.25, 0.3) is 11.8 Å². The number of rotatable bonds is 3. The maximum absolute atomic E-state index is 12.3. The van der Waals surface area contributed by atoms with Gasteiger partial charge in [-0.3, -0.25) is 20.4 Å². The number of carbonyl (C=O) groups is 2. The van der Waals surface area contributed by atoms with E-state index in [2.05, 4.69) is 10.9 Å². The van der Waals surface area contributed by atoms with Crippen LogP contribution in [0.3, 0.4) is 0 Å². The minimum Gasteiger partial charge on any atom is -0.267 e. The number of hydrogen-bond donors (Lipinski definition) is 2. The highest BCUT2D eigenvalue weighted by molar-refractivity contribution is 7.90. The predicted octanol–water partition coefficient (Wildman–Crippen LogP) is 2.50. The van der Waals surface area contributed by atoms with E-state index in [4.69, 9.17) is 0 Å². The molecule has 3 rings (SSSR count). The third kappa shape index (κ3) is 4.31. The fourth-order valence-corrected chi connectivity index (χ4v) is 4.71. The maximum atomic E-state index is 12.3. The number of hydrogen-bond acceptors (Lipinski definition) is 5. The Hall–Kier alpha value is -2.19. The number of hydrazine groups is 1. The van der Waals surface area contributed by atoms with E-state index in [1.54, 1.807) is 0 Å². The summed E-state index contributed by atoms with van der Waals surface area (Å²) in [5.41, 5.74) is 6.13. The number of carbonyl (C=O) groups excluding carboxylic acids is 2. The van der Waals surface area contributed by atoms with Gasteiger partial charge in [-0.25, -0.2) is 8.42 Å². The average Bonchev–Trinajstić information content (AvgIpc) is 2.89. The van der Waals surface area contributed by atoms with Crippen LogP contribution in [0.15, 0.2) is 35.2 Å². The smallest absolute Gasteiger partial charge is 0.267 e. The highest BCUT2D eigenvalue weighted by atomic mass is 32.2. The van der Waals surface area contributed by atoms with Crippen LogP contribution in [-0.4, -0.2) is 26.5 Å². The molecule has 138 valence electrons. The van der Waals surface area contributed by atoms with Crippen LogP contribution in [0.5, 0.6) is 0 Å². The van der Waals surface area contributed by atoms with Crippen molar-refractivity contribution in [3.05, 3.63) is 51.2 Å². The number of benzene rings is 1. The van der Waals surface area contributed by atoms with Crippen molar-refractivity contribution in [2.75, 3.05) is 6.26 Å². The SMILES string of the molecule is CS(=O)(=O)c1cccc(C(=O)NNC(=O)c2cc3c(s2)CCCCC3)c1. The fourth-order valence-electron chi connectivity index (χ4n) is 2.89. The first-order valence-electron chi connectivity index (χ1n) is 8.37. The summed E-state index contributed by atoms with van der Waals surface area (Å²) in [6.45, 7) is 0. The average molecular weight is 393 g/mol. The monoisotopic (exact) mass is 392 g/mol. The van der Waals surface area contributed by atoms with Crippen LogP contribution in [-0.2, 0) is 22.7 Å². The molecule has 0 unspecified atom stereocenters. The van der Waals surface area contributed by atoms with Gasteiger partial charge >= 0.3 is 0 Å². The summed E-state index contributed by atoms with van der Waals surface area (Å²) >= 11 is 1.47. The Morgan fingerprint density at radius 3 is 2.50 bits per heavy atom. The van der Waals surface area contributed by atoms with Gasteiger partial charge in [0.1, 0.15) is 0 Å². The van der Waals surface area contributed by atoms with E-state index >= 15 is 0 Å². The van der Waals surface area contributed by atoms with Crippen LogP contribution in [0.1, 0.15) is 49.7 Å². The van der Waals surface area contributed by atoms with Crippen molar-refractivity contribution in [2.24, 2.45) is 0 Å². The van der Waals surface area contributed by atoms with Crippen LogP contribution >= 0.6 is 11.3 Å². The molecule has 2 aromatic rings. The summed E-state index contributed by atoms with van der Waals surface area (Å²) in [6, 6.07) is 7.58. The fraction of sp³-hybridized carbons (Fsp3) is 0.333. The van der Waals surface area contributed by atoms with Gasteiger partial charge in [-0.05, 0) is 55.5 Å². The molecule has 0 saturated heterocycles. The molecule has 0 aliphatic heterocycles. The summed E-state index contributed by atoms with van der Waals surface area (Å²) in [7, 11) is -3.40. The largest absolute Gasteiger partial charge is 0.279 e. The van der Waals surface area contributed by atoms with Crippen molar-refractivity contribution in [1.29, 1.82) is 0 Å². The molecule has 0 bridgehead atoms. The number of thiophene rings is 1. The molecular formula is C18H20N2O4S2. The third-order valence-electron chi connectivity index (χ3n) is 4.28. The second kappa shape index (κ2) is 7.59. The molecular weight excluding hydrogens is 372 g/mol. The van der Waals surface area contributed by atoms with Gasteiger partial charge in [0, 0.05) is 16.7 Å². The zero-order valence-electron chi connectivity index (χ0n) is 14.4. The van der Waals surface area contributed by atoms with Gasteiger partial charge < -0.3 is 0 Å². The molecule has 0 atom stereocenters. The number of amides is 2. The van der Waals surface area contributed by atoms with E-state index in [9.17, 15) is 18.0 Å². The van der Waals surface area contributed by atoms with Crippen molar-refractivity contribution in [3.63, 3.8) is 0 Å². The number of fused-ring (bicyclic) bond motifs is 1. The van der Waals surface area contributed by atoms with Crippen molar-refractivity contribution in [3.8, 4) is 0 Å². The quantitative estimate of drug-likeness (QED) is 0.620. The number of aryl methyl sites for hydroxylation is 2. The Morgan fingerprint density at radius 1 is 1.00 bits per heavy atom. The van der Waals surface area contributed by atoms with E-state index in [1.165, 1.54) is 52.5 Å². The van der Waals surface area contributed by atoms with Crippen LogP contribution in [0.4, 0.5) is 0 Å². The van der Waals surface area contributed by atoms with Crippen molar-refractivity contribution >= 4 is 33.0 Å². The standard InChI is InChI=1S/C18H20N2O4S2/c1-26(23,24)14-8-5-7-13(10-14)17(21)19-20-18(22)16-11-12-6-3-2-4-9-15(12)25-16/h5,7-8,10-11H,2-4,6,9H2,1H3,(H,19,21)(H,20,22). The maximum Gasteiger partial charge on any atom is 0.279 e. The van der Waals surface area contributed by atoms with Crippen molar-refractivity contribution in [1.82, 2.24) is 10.9 Å². The first kappa shape index (κ1) is 18.6. The lowest BCUT2D eigenvalue weighted by atomic mass is 10.1. The number of nitrogens with one attached hydrogen (secondary N) is 2. The van der Waals surface area contributed by atoms with Crippen LogP contribution in [0.25, 0.3) is 0 Å². The summed E-state index contributed by atoms with van der Waals surface area (Å²) in [5, 5.41) is 0. The molecule has 1 aromatic carbocycles. The Morgan fingerprint density at radius 2 is 1.73 bits per heavy atom. The van der Waals surface area contributed by atoms with Crippen molar-refractivity contribution < 1.29 is 18.0 Å². The summed E-state index contributed by atoms with van der Waals surface area (Å²) in [6.07, 6.45) is 6.56. The Balaban J connectivity index is 1.65. The second-order valence-electron chi connectivity index (χ2n) is 6.33. The first-order valence-corrected chi connectivity index (χ1v) is 11.1. The zero-order valence-corrected chi connectivity index (χ0v) is 16.0. The van der Waals surface area contributed by atoms with Gasteiger partial charge in [0.15, 0.2) is 9.84 Å². The molecule has 1 aliphatic carbocycles. The van der Waals surface area contributed by atoms with E-state index < -0.39 is 15.7 Å². The van der Waals surface area contributed by atoms with E-state index in [1.807, 2.05) is 6.07 Å². The van der Waals surface area contributed by atoms with Crippen LogP contribution in [0, 0.1) is 0 Å². The van der Waals surface area contributed by atoms with Gasteiger partial charge in [-0.2, -0.15) is 0 Å². The second-order valence-corrected chi connectivity index (χ2v) is 9.48. The van der Waals surface area contributed by atoms with Crippen LogP contribution in [0.2, 0.25) is 0 Å². The van der Waals surface area contributed by atoms with Crippen LogP contribution < -0.4 is 10.9 Å². The Labute approximate surface area is 156 Å². The molecule has 8 heteroatoms. The predicted molar refractivity (Wildman–Crippen MR) is 100 cm³/mol. The van der Waals surface area contributed by atoms with Gasteiger partial charge in [0.2, 0.25) is 0 Å². The van der Waals surface area contributed by atoms with Gasteiger partial charge in [0.05, 0.1) is 9.77 Å². The third-order valence-corrected chi connectivity index (χ3v) is 6.63.